The van der Waals surface area contributed by atoms with Gasteiger partial charge < -0.3 is 5.11 Å². The smallest absolute Gasteiger partial charge is 0.311 e. The minimum Gasteiger partial charge on any atom is -0.481 e. The van der Waals surface area contributed by atoms with Crippen LogP contribution in [-0.4, -0.2) is 31.0 Å². The summed E-state index contributed by atoms with van der Waals surface area (Å²) in [6, 6.07) is 7.21. The minimum absolute atomic E-state index is 0.0776. The average molecular weight is 284 g/mol. The van der Waals surface area contributed by atoms with Crippen LogP contribution in [0.2, 0.25) is 0 Å². The van der Waals surface area contributed by atoms with Gasteiger partial charge in [0.25, 0.3) is 0 Å². The third-order valence-corrected chi connectivity index (χ3v) is 4.86. The largest absolute Gasteiger partial charge is 0.481 e. The number of carbonyl (C=O) groups is 1. The number of carboxylic acids is 1. The van der Waals surface area contributed by atoms with Crippen molar-refractivity contribution in [1.29, 1.82) is 0 Å². The number of aryl methyl sites for hydroxylation is 1. The van der Waals surface area contributed by atoms with Gasteiger partial charge in [0.05, 0.1) is 11.7 Å². The maximum Gasteiger partial charge on any atom is 0.311 e. The Kier molecular flexibility index (Phi) is 5.54. The third-order valence-electron chi connectivity index (χ3n) is 2.98. The van der Waals surface area contributed by atoms with Crippen LogP contribution in [0.1, 0.15) is 36.8 Å². The van der Waals surface area contributed by atoms with E-state index in [1.165, 1.54) is 0 Å². The number of carboxylic acid groups (broad SMARTS) is 1. The van der Waals surface area contributed by atoms with Crippen molar-refractivity contribution in [3.8, 4) is 0 Å². The topological polar surface area (TPSA) is 71.4 Å². The van der Waals surface area contributed by atoms with Crippen LogP contribution in [0.4, 0.5) is 0 Å². The zero-order valence-electron chi connectivity index (χ0n) is 11.3. The summed E-state index contributed by atoms with van der Waals surface area (Å²) >= 11 is 0. The highest BCUT2D eigenvalue weighted by Crippen LogP contribution is 2.22. The average Bonchev–Trinajstić information content (AvgIpc) is 2.28. The van der Waals surface area contributed by atoms with Crippen molar-refractivity contribution in [2.45, 2.75) is 32.6 Å². The molecule has 0 aromatic heterocycles. The highest BCUT2D eigenvalue weighted by Gasteiger charge is 2.22. The first kappa shape index (κ1) is 15.7. The van der Waals surface area contributed by atoms with Crippen LogP contribution in [-0.2, 0) is 14.6 Å². The van der Waals surface area contributed by atoms with Gasteiger partial charge in [0.1, 0.15) is 9.84 Å². The molecular formula is C14H20O4S. The molecule has 1 atom stereocenters. The molecule has 0 saturated heterocycles. The monoisotopic (exact) mass is 284 g/mol. The van der Waals surface area contributed by atoms with Gasteiger partial charge in [-0.05, 0) is 25.3 Å². The van der Waals surface area contributed by atoms with Crippen molar-refractivity contribution in [2.24, 2.45) is 0 Å². The first-order chi connectivity index (χ1) is 8.85. The predicted octanol–water partition coefficient (Wildman–Crippen LogP) is 2.38. The molecule has 0 heterocycles. The molecule has 1 aromatic carbocycles. The van der Waals surface area contributed by atoms with Gasteiger partial charge in [0.2, 0.25) is 0 Å². The number of benzene rings is 1. The highest BCUT2D eigenvalue weighted by molar-refractivity contribution is 7.91. The maximum absolute atomic E-state index is 11.7. The number of hydrogen-bond acceptors (Lipinski definition) is 3. The van der Waals surface area contributed by atoms with E-state index >= 15 is 0 Å². The molecule has 106 valence electrons. The van der Waals surface area contributed by atoms with Gasteiger partial charge in [0.15, 0.2) is 0 Å². The summed E-state index contributed by atoms with van der Waals surface area (Å²) in [4.78, 5) is 11.3. The van der Waals surface area contributed by atoms with E-state index in [2.05, 4.69) is 0 Å². The Morgan fingerprint density at radius 1 is 1.32 bits per heavy atom. The van der Waals surface area contributed by atoms with Gasteiger partial charge in [-0.25, -0.2) is 8.42 Å². The van der Waals surface area contributed by atoms with E-state index in [0.29, 0.717) is 12.0 Å². The Bertz CT molecular complexity index is 534. The van der Waals surface area contributed by atoms with Crippen molar-refractivity contribution >= 4 is 15.8 Å². The summed E-state index contributed by atoms with van der Waals surface area (Å²) < 4.78 is 23.3. The van der Waals surface area contributed by atoms with E-state index in [9.17, 15) is 18.3 Å². The summed E-state index contributed by atoms with van der Waals surface area (Å²) in [5.41, 5.74) is 1.64. The molecule has 0 saturated carbocycles. The van der Waals surface area contributed by atoms with Crippen LogP contribution in [0.15, 0.2) is 24.3 Å². The first-order valence-corrected chi connectivity index (χ1v) is 8.17. The van der Waals surface area contributed by atoms with Gasteiger partial charge in [-0.1, -0.05) is 36.8 Å². The van der Waals surface area contributed by atoms with E-state index in [-0.39, 0.29) is 17.9 Å². The van der Waals surface area contributed by atoms with Crippen molar-refractivity contribution in [2.75, 3.05) is 11.5 Å². The summed E-state index contributed by atoms with van der Waals surface area (Å²) in [6.45, 7) is 3.68. The maximum atomic E-state index is 11.7. The molecule has 0 spiro atoms. The summed E-state index contributed by atoms with van der Waals surface area (Å²) in [6.07, 6.45) is 0.686. The quantitative estimate of drug-likeness (QED) is 0.834. The Hall–Kier alpha value is -1.36. The SMILES string of the molecule is CCCS(=O)(=O)CCC(C(=O)O)c1cccc(C)c1. The third kappa shape index (κ3) is 5.03. The summed E-state index contributed by atoms with van der Waals surface area (Å²) in [5, 5.41) is 9.25. The second-order valence-electron chi connectivity index (χ2n) is 4.75. The number of rotatable bonds is 7. The van der Waals surface area contributed by atoms with Crippen LogP contribution < -0.4 is 0 Å². The summed E-state index contributed by atoms with van der Waals surface area (Å²) in [5.74, 6) is -1.69. The van der Waals surface area contributed by atoms with Crippen LogP contribution >= 0.6 is 0 Å². The van der Waals surface area contributed by atoms with Gasteiger partial charge in [0, 0.05) is 5.75 Å². The predicted molar refractivity (Wildman–Crippen MR) is 75.1 cm³/mol. The van der Waals surface area contributed by atoms with Gasteiger partial charge in [-0.2, -0.15) is 0 Å². The number of hydrogen-bond donors (Lipinski definition) is 1. The van der Waals surface area contributed by atoms with E-state index in [4.69, 9.17) is 0 Å². The lowest BCUT2D eigenvalue weighted by atomic mass is 9.95. The molecule has 0 aliphatic heterocycles. The molecule has 5 heteroatoms. The highest BCUT2D eigenvalue weighted by atomic mass is 32.2. The molecule has 0 amide bonds. The molecule has 0 fully saturated rings. The standard InChI is InChI=1S/C14H20O4S/c1-3-8-19(17,18)9-7-13(14(15)16)12-6-4-5-11(2)10-12/h4-6,10,13H,3,7-9H2,1-2H3,(H,15,16). The molecule has 0 aliphatic carbocycles. The molecule has 1 aromatic rings. The molecule has 1 rings (SSSR count). The van der Waals surface area contributed by atoms with Gasteiger partial charge in [-0.15, -0.1) is 0 Å². The van der Waals surface area contributed by atoms with Crippen LogP contribution in [0.25, 0.3) is 0 Å². The van der Waals surface area contributed by atoms with Gasteiger partial charge in [-0.3, -0.25) is 4.79 Å². The van der Waals surface area contributed by atoms with Crippen LogP contribution in [0.3, 0.4) is 0 Å². The lowest BCUT2D eigenvalue weighted by Gasteiger charge is -2.13. The van der Waals surface area contributed by atoms with Crippen LogP contribution in [0, 0.1) is 6.92 Å². The lowest BCUT2D eigenvalue weighted by Crippen LogP contribution is -2.18. The fraction of sp³-hybridized carbons (Fsp3) is 0.500. The normalized spacial score (nSPS) is 13.2. The van der Waals surface area contributed by atoms with Crippen molar-refractivity contribution < 1.29 is 18.3 Å². The Morgan fingerprint density at radius 3 is 2.53 bits per heavy atom. The second-order valence-corrected chi connectivity index (χ2v) is 7.05. The molecule has 0 aliphatic rings. The fourth-order valence-electron chi connectivity index (χ4n) is 2.03. The zero-order valence-corrected chi connectivity index (χ0v) is 12.1. The fourth-order valence-corrected chi connectivity index (χ4v) is 3.45. The molecule has 19 heavy (non-hydrogen) atoms. The van der Waals surface area contributed by atoms with E-state index in [0.717, 1.165) is 5.56 Å². The molecule has 4 nitrogen and oxygen atoms in total. The second kappa shape index (κ2) is 6.70. The molecular weight excluding hydrogens is 264 g/mol. The number of aliphatic carboxylic acids is 1. The first-order valence-electron chi connectivity index (χ1n) is 6.35. The van der Waals surface area contributed by atoms with Crippen LogP contribution in [0.5, 0.6) is 0 Å². The number of sulfone groups is 1. The minimum atomic E-state index is -3.14. The van der Waals surface area contributed by atoms with E-state index < -0.39 is 21.7 Å². The Labute approximate surface area is 114 Å². The van der Waals surface area contributed by atoms with E-state index in [1.807, 2.05) is 13.0 Å². The van der Waals surface area contributed by atoms with Gasteiger partial charge >= 0.3 is 5.97 Å². The lowest BCUT2D eigenvalue weighted by molar-refractivity contribution is -0.138. The summed E-state index contributed by atoms with van der Waals surface area (Å²) in [7, 11) is -3.14. The molecule has 0 radical (unpaired) electrons. The van der Waals surface area contributed by atoms with Crippen molar-refractivity contribution in [1.82, 2.24) is 0 Å². The molecule has 0 bridgehead atoms. The molecule has 1 unspecified atom stereocenters. The Morgan fingerprint density at radius 2 is 2.00 bits per heavy atom. The van der Waals surface area contributed by atoms with Crippen molar-refractivity contribution in [3.63, 3.8) is 0 Å². The van der Waals surface area contributed by atoms with E-state index in [1.54, 1.807) is 25.1 Å². The zero-order chi connectivity index (χ0) is 14.5. The molecule has 1 N–H and O–H groups in total. The Balaban J connectivity index is 2.83. The van der Waals surface area contributed by atoms with Crippen molar-refractivity contribution in [3.05, 3.63) is 35.4 Å².